The van der Waals surface area contributed by atoms with Crippen molar-refractivity contribution in [3.8, 4) is 0 Å². The molecule has 7 heteroatoms. The highest BCUT2D eigenvalue weighted by Gasteiger charge is 2.34. The van der Waals surface area contributed by atoms with Crippen LogP contribution in [0.2, 0.25) is 0 Å². The van der Waals surface area contributed by atoms with Gasteiger partial charge in [0.2, 0.25) is 5.91 Å². The largest absolute Gasteiger partial charge is 0.481 e. The molecule has 0 aromatic rings. The maximum atomic E-state index is 12.2. The number of carbonyl (C=O) groups excluding carboxylic acids is 2. The Labute approximate surface area is 118 Å². The first-order chi connectivity index (χ1) is 9.36. The molecule has 3 N–H and O–H groups in total. The van der Waals surface area contributed by atoms with E-state index in [9.17, 15) is 14.4 Å². The summed E-state index contributed by atoms with van der Waals surface area (Å²) in [5.41, 5.74) is 0. The van der Waals surface area contributed by atoms with Crippen molar-refractivity contribution in [2.45, 2.75) is 45.2 Å². The summed E-state index contributed by atoms with van der Waals surface area (Å²) in [7, 11) is 1.54. The Hall–Kier alpha value is -1.79. The molecule has 0 aromatic carbocycles. The number of nitrogens with one attached hydrogen (secondary N) is 2. The van der Waals surface area contributed by atoms with Gasteiger partial charge in [-0.15, -0.1) is 0 Å². The summed E-state index contributed by atoms with van der Waals surface area (Å²) in [6.07, 6.45) is 1.29. The number of hydrogen-bond donors (Lipinski definition) is 3. The van der Waals surface area contributed by atoms with E-state index in [2.05, 4.69) is 10.6 Å². The van der Waals surface area contributed by atoms with E-state index in [0.29, 0.717) is 13.0 Å². The number of carbonyl (C=O) groups is 3. The molecule has 0 saturated carbocycles. The van der Waals surface area contributed by atoms with Crippen molar-refractivity contribution in [3.63, 3.8) is 0 Å². The van der Waals surface area contributed by atoms with Gasteiger partial charge in [-0.25, -0.2) is 4.79 Å². The zero-order chi connectivity index (χ0) is 15.3. The Morgan fingerprint density at radius 1 is 1.35 bits per heavy atom. The predicted molar refractivity (Wildman–Crippen MR) is 73.2 cm³/mol. The predicted octanol–water partition coefficient (Wildman–Crippen LogP) is 0.406. The highest BCUT2D eigenvalue weighted by Crippen LogP contribution is 2.18. The minimum atomic E-state index is -0.951. The number of carboxylic acid groups (broad SMARTS) is 1. The second-order valence-corrected chi connectivity index (χ2v) is 5.36. The number of aliphatic carboxylic acids is 1. The van der Waals surface area contributed by atoms with Crippen LogP contribution in [0.15, 0.2) is 0 Å². The Morgan fingerprint density at radius 3 is 2.50 bits per heavy atom. The quantitative estimate of drug-likeness (QED) is 0.681. The second kappa shape index (κ2) is 7.12. The molecule has 1 heterocycles. The molecule has 0 spiro atoms. The van der Waals surface area contributed by atoms with Crippen LogP contribution in [0.3, 0.4) is 0 Å². The van der Waals surface area contributed by atoms with Crippen molar-refractivity contribution in [1.82, 2.24) is 15.5 Å². The van der Waals surface area contributed by atoms with Crippen LogP contribution in [0.25, 0.3) is 0 Å². The Bertz CT molecular complexity index is 384. The third-order valence-corrected chi connectivity index (χ3v) is 3.57. The lowest BCUT2D eigenvalue weighted by molar-refractivity contribution is -0.137. The number of likely N-dealkylation sites (N-methyl/N-ethyl adjacent to an activating group) is 1. The fourth-order valence-electron chi connectivity index (χ4n) is 2.33. The highest BCUT2D eigenvalue weighted by molar-refractivity contribution is 5.87. The monoisotopic (exact) mass is 285 g/mol. The minimum Gasteiger partial charge on any atom is -0.481 e. The molecular weight excluding hydrogens is 262 g/mol. The van der Waals surface area contributed by atoms with Gasteiger partial charge in [0.25, 0.3) is 0 Å². The lowest BCUT2D eigenvalue weighted by Crippen LogP contribution is -2.52. The lowest BCUT2D eigenvalue weighted by atomic mass is 10.0. The summed E-state index contributed by atoms with van der Waals surface area (Å²) in [6.45, 7) is 4.23. The van der Waals surface area contributed by atoms with Crippen molar-refractivity contribution < 1.29 is 19.5 Å². The zero-order valence-corrected chi connectivity index (χ0v) is 12.2. The zero-order valence-electron chi connectivity index (χ0n) is 12.2. The number of amides is 3. The molecule has 1 saturated heterocycles. The molecule has 0 aromatic heterocycles. The number of urea groups is 1. The molecule has 1 rings (SSSR count). The van der Waals surface area contributed by atoms with Crippen LogP contribution in [-0.2, 0) is 9.59 Å². The summed E-state index contributed by atoms with van der Waals surface area (Å²) < 4.78 is 0. The van der Waals surface area contributed by atoms with E-state index in [1.807, 2.05) is 13.8 Å². The van der Waals surface area contributed by atoms with Gasteiger partial charge in [-0.1, -0.05) is 13.8 Å². The van der Waals surface area contributed by atoms with Crippen molar-refractivity contribution in [2.75, 3.05) is 13.6 Å². The van der Waals surface area contributed by atoms with Crippen molar-refractivity contribution >= 4 is 17.9 Å². The first-order valence-corrected chi connectivity index (χ1v) is 6.87. The summed E-state index contributed by atoms with van der Waals surface area (Å²) in [6, 6.07) is -1.26. The number of nitrogens with zero attached hydrogens (tertiary/aromatic N) is 1. The molecule has 3 amide bonds. The Kier molecular flexibility index (Phi) is 5.79. The molecule has 2 atom stereocenters. The average Bonchev–Trinajstić information content (AvgIpc) is 2.85. The highest BCUT2D eigenvalue weighted by atomic mass is 16.4. The summed E-state index contributed by atoms with van der Waals surface area (Å²) in [5.74, 6) is -1.12. The van der Waals surface area contributed by atoms with E-state index in [1.165, 1.54) is 11.9 Å². The van der Waals surface area contributed by atoms with Gasteiger partial charge in [0.15, 0.2) is 0 Å². The van der Waals surface area contributed by atoms with Crippen molar-refractivity contribution in [3.05, 3.63) is 0 Å². The molecular formula is C13H23N3O4. The number of hydrogen-bond acceptors (Lipinski definition) is 3. The van der Waals surface area contributed by atoms with Crippen LogP contribution < -0.4 is 10.6 Å². The van der Waals surface area contributed by atoms with E-state index >= 15 is 0 Å². The fraction of sp³-hybridized carbons (Fsp3) is 0.769. The van der Waals surface area contributed by atoms with E-state index in [-0.39, 0.29) is 24.3 Å². The average molecular weight is 285 g/mol. The van der Waals surface area contributed by atoms with Crippen LogP contribution in [0.1, 0.15) is 33.1 Å². The Balaban J connectivity index is 2.68. The number of rotatable bonds is 5. The first kappa shape index (κ1) is 16.3. The van der Waals surface area contributed by atoms with Gasteiger partial charge < -0.3 is 20.6 Å². The van der Waals surface area contributed by atoms with Crippen LogP contribution in [-0.4, -0.2) is 53.6 Å². The van der Waals surface area contributed by atoms with Crippen molar-refractivity contribution in [2.24, 2.45) is 5.92 Å². The van der Waals surface area contributed by atoms with Gasteiger partial charge in [-0.3, -0.25) is 9.59 Å². The molecule has 0 aliphatic carbocycles. The fourth-order valence-corrected chi connectivity index (χ4v) is 2.33. The maximum absolute atomic E-state index is 12.2. The second-order valence-electron chi connectivity index (χ2n) is 5.36. The van der Waals surface area contributed by atoms with Crippen LogP contribution in [0.4, 0.5) is 4.79 Å². The molecule has 0 radical (unpaired) electrons. The van der Waals surface area contributed by atoms with Gasteiger partial charge >= 0.3 is 12.0 Å². The molecule has 20 heavy (non-hydrogen) atoms. The standard InChI is InChI=1S/C13H23N3O4/c1-8(2)9(7-11(17)18)15-13(20)16-6-4-5-10(16)12(19)14-3/h8-10H,4-7H2,1-3H3,(H,14,19)(H,15,20)(H,17,18). The SMILES string of the molecule is CNC(=O)C1CCCN1C(=O)NC(CC(=O)O)C(C)C. The Morgan fingerprint density at radius 2 is 2.00 bits per heavy atom. The van der Waals surface area contributed by atoms with Gasteiger partial charge in [0, 0.05) is 19.6 Å². The molecule has 1 fully saturated rings. The molecule has 1 aliphatic heterocycles. The molecule has 2 unspecified atom stereocenters. The van der Waals surface area contributed by atoms with E-state index < -0.39 is 18.1 Å². The smallest absolute Gasteiger partial charge is 0.318 e. The van der Waals surface area contributed by atoms with Gasteiger partial charge in [0.05, 0.1) is 6.42 Å². The van der Waals surface area contributed by atoms with Gasteiger partial charge in [0.1, 0.15) is 6.04 Å². The minimum absolute atomic E-state index is 0.0103. The van der Waals surface area contributed by atoms with E-state index in [4.69, 9.17) is 5.11 Å². The number of carboxylic acids is 1. The van der Waals surface area contributed by atoms with Crippen LogP contribution >= 0.6 is 0 Å². The third kappa shape index (κ3) is 4.11. The van der Waals surface area contributed by atoms with Crippen LogP contribution in [0, 0.1) is 5.92 Å². The molecule has 1 aliphatic rings. The van der Waals surface area contributed by atoms with E-state index in [1.54, 1.807) is 0 Å². The summed E-state index contributed by atoms with van der Waals surface area (Å²) in [4.78, 5) is 36.2. The first-order valence-electron chi connectivity index (χ1n) is 6.87. The third-order valence-electron chi connectivity index (χ3n) is 3.57. The van der Waals surface area contributed by atoms with Gasteiger partial charge in [-0.05, 0) is 18.8 Å². The lowest BCUT2D eigenvalue weighted by Gasteiger charge is -2.28. The summed E-state index contributed by atoms with van der Waals surface area (Å²) in [5, 5.41) is 14.1. The molecule has 0 bridgehead atoms. The van der Waals surface area contributed by atoms with Crippen molar-refractivity contribution in [1.29, 1.82) is 0 Å². The normalized spacial score (nSPS) is 19.8. The van der Waals surface area contributed by atoms with Gasteiger partial charge in [-0.2, -0.15) is 0 Å². The molecule has 7 nitrogen and oxygen atoms in total. The van der Waals surface area contributed by atoms with E-state index in [0.717, 1.165) is 6.42 Å². The molecule has 114 valence electrons. The number of likely N-dealkylation sites (tertiary alicyclic amines) is 1. The maximum Gasteiger partial charge on any atom is 0.318 e. The topological polar surface area (TPSA) is 98.7 Å². The van der Waals surface area contributed by atoms with Crippen LogP contribution in [0.5, 0.6) is 0 Å². The summed E-state index contributed by atoms with van der Waals surface area (Å²) >= 11 is 0.